The molecule has 114 valence electrons. The van der Waals surface area contributed by atoms with E-state index in [9.17, 15) is 9.59 Å². The van der Waals surface area contributed by atoms with Gasteiger partial charge in [0, 0.05) is 24.7 Å². The van der Waals surface area contributed by atoms with E-state index in [1.54, 1.807) is 0 Å². The van der Waals surface area contributed by atoms with Gasteiger partial charge in [-0.05, 0) is 29.7 Å². The molecule has 0 spiro atoms. The molecule has 7 heteroatoms. The minimum absolute atomic E-state index is 0.0973. The Labute approximate surface area is 135 Å². The predicted octanol–water partition coefficient (Wildman–Crippen LogP) is 2.14. The number of aromatic nitrogens is 2. The molecule has 3 heterocycles. The van der Waals surface area contributed by atoms with Crippen LogP contribution in [0.1, 0.15) is 12.0 Å². The molecular weight excluding hydrogens is 348 g/mol. The second-order valence-electron chi connectivity index (χ2n) is 5.01. The topological polar surface area (TPSA) is 78.1 Å². The number of hydrogen-bond acceptors (Lipinski definition) is 3. The van der Waals surface area contributed by atoms with Crippen LogP contribution in [-0.4, -0.2) is 45.6 Å². The van der Waals surface area contributed by atoms with Crippen LogP contribution in [0.3, 0.4) is 0 Å². The second kappa shape index (κ2) is 6.31. The number of carbonyl (C=O) groups is 2. The normalized spacial score (nSPS) is 14.8. The van der Waals surface area contributed by atoms with Crippen LogP contribution in [0.2, 0.25) is 0 Å². The van der Waals surface area contributed by atoms with Gasteiger partial charge in [0.15, 0.2) is 0 Å². The van der Waals surface area contributed by atoms with Crippen LogP contribution in [-0.2, 0) is 9.59 Å². The van der Waals surface area contributed by atoms with Crippen molar-refractivity contribution in [1.82, 2.24) is 14.9 Å². The zero-order chi connectivity index (χ0) is 15.5. The number of amides is 2. The van der Waals surface area contributed by atoms with E-state index < -0.39 is 0 Å². The molecule has 2 N–H and O–H groups in total. The smallest absolute Gasteiger partial charge is 0.233 e. The van der Waals surface area contributed by atoms with Gasteiger partial charge in [0.25, 0.3) is 0 Å². The first kappa shape index (κ1) is 14.8. The molecule has 2 aromatic rings. The Kier molecular flexibility index (Phi) is 4.24. The van der Waals surface area contributed by atoms with Crippen molar-refractivity contribution in [3.63, 3.8) is 0 Å². The van der Waals surface area contributed by atoms with Crippen LogP contribution in [0.25, 0.3) is 16.6 Å². The van der Waals surface area contributed by atoms with Crippen LogP contribution >= 0.6 is 15.9 Å². The Morgan fingerprint density at radius 2 is 2.41 bits per heavy atom. The van der Waals surface area contributed by atoms with E-state index in [0.717, 1.165) is 23.0 Å². The molecule has 0 aliphatic carbocycles. The highest BCUT2D eigenvalue weighted by Gasteiger charge is 2.19. The van der Waals surface area contributed by atoms with Gasteiger partial charge in [-0.3, -0.25) is 9.59 Å². The summed E-state index contributed by atoms with van der Waals surface area (Å²) >= 11 is 3.20. The largest absolute Gasteiger partial charge is 0.346 e. The van der Waals surface area contributed by atoms with Gasteiger partial charge < -0.3 is 15.2 Å². The maximum absolute atomic E-state index is 11.7. The van der Waals surface area contributed by atoms with Crippen LogP contribution in [0.5, 0.6) is 0 Å². The number of H-pyrrole nitrogens is 1. The van der Waals surface area contributed by atoms with Crippen LogP contribution < -0.4 is 5.32 Å². The molecule has 1 aliphatic rings. The number of nitrogens with one attached hydrogen (secondary N) is 2. The number of hydrogen-bond donors (Lipinski definition) is 2. The second-order valence-corrected chi connectivity index (χ2v) is 5.57. The Morgan fingerprint density at radius 3 is 3.09 bits per heavy atom. The van der Waals surface area contributed by atoms with Gasteiger partial charge in [-0.15, -0.1) is 0 Å². The van der Waals surface area contributed by atoms with E-state index in [1.807, 2.05) is 23.2 Å². The lowest BCUT2D eigenvalue weighted by Crippen LogP contribution is -2.35. The van der Waals surface area contributed by atoms with E-state index in [4.69, 9.17) is 0 Å². The highest BCUT2D eigenvalue weighted by Crippen LogP contribution is 2.30. The predicted molar refractivity (Wildman–Crippen MR) is 88.7 cm³/mol. The third kappa shape index (κ3) is 2.76. The summed E-state index contributed by atoms with van der Waals surface area (Å²) in [6, 6.07) is 3.84. The summed E-state index contributed by atoms with van der Waals surface area (Å²) in [6.45, 7) is 1.30. The fraction of sp³-hybridized carbons (Fsp3) is 0.267. The van der Waals surface area contributed by atoms with E-state index in [-0.39, 0.29) is 5.91 Å². The number of rotatable bonds is 4. The lowest BCUT2D eigenvalue weighted by Gasteiger charge is -2.26. The quantitative estimate of drug-likeness (QED) is 0.645. The number of fused-ring (bicyclic) bond motifs is 1. The minimum atomic E-state index is 0.0973. The Balaban J connectivity index is 1.96. The van der Waals surface area contributed by atoms with Gasteiger partial charge in [0.1, 0.15) is 11.5 Å². The molecule has 2 aromatic heterocycles. The molecule has 0 saturated heterocycles. The molecule has 3 rings (SSSR count). The number of pyridine rings is 1. The number of carbonyl (C=O) groups excluding carboxylic acids is 2. The average molecular weight is 363 g/mol. The van der Waals surface area contributed by atoms with Crippen molar-refractivity contribution >= 4 is 50.7 Å². The summed E-state index contributed by atoms with van der Waals surface area (Å²) in [5, 5.41) is 3.96. The summed E-state index contributed by atoms with van der Waals surface area (Å²) in [7, 11) is 0. The summed E-state index contributed by atoms with van der Waals surface area (Å²) in [6.07, 6.45) is 5.29. The molecule has 0 radical (unpaired) electrons. The molecule has 0 bridgehead atoms. The number of alkyl halides is 1. The lowest BCUT2D eigenvalue weighted by atomic mass is 9.97. The van der Waals surface area contributed by atoms with Gasteiger partial charge in [0.05, 0.1) is 5.33 Å². The molecule has 0 atom stereocenters. The number of nitrogens with zero attached hydrogens (tertiary/aromatic N) is 2. The fourth-order valence-electron chi connectivity index (χ4n) is 2.66. The molecular formula is C15H15BrN4O2. The summed E-state index contributed by atoms with van der Waals surface area (Å²) in [5.41, 5.74) is 2.95. The molecule has 22 heavy (non-hydrogen) atoms. The van der Waals surface area contributed by atoms with Gasteiger partial charge in [0.2, 0.25) is 12.3 Å². The molecule has 0 saturated carbocycles. The SMILES string of the molecule is O=CNc1cc(C2=CCN(C(=O)CBr)CC2)c2cc[nH]c2n1. The Morgan fingerprint density at radius 1 is 1.55 bits per heavy atom. The van der Waals surface area contributed by atoms with Crippen LogP contribution in [0.15, 0.2) is 24.4 Å². The van der Waals surface area contributed by atoms with E-state index in [2.05, 4.69) is 37.3 Å². The fourth-order valence-corrected chi connectivity index (χ4v) is 3.02. The van der Waals surface area contributed by atoms with Crippen LogP contribution in [0, 0.1) is 0 Å². The highest BCUT2D eigenvalue weighted by atomic mass is 79.9. The summed E-state index contributed by atoms with van der Waals surface area (Å²) < 4.78 is 0. The summed E-state index contributed by atoms with van der Waals surface area (Å²) in [5.74, 6) is 0.611. The Bertz CT molecular complexity index is 753. The molecule has 1 aliphatic heterocycles. The standard InChI is InChI=1S/C15H15BrN4O2/c16-8-14(22)20-5-2-10(3-6-20)12-7-13(18-9-21)19-15-11(12)1-4-17-15/h1-2,4,7,9H,3,5-6,8H2,(H2,17,18,19,21). The zero-order valence-electron chi connectivity index (χ0n) is 11.8. The van der Waals surface area contributed by atoms with Crippen molar-refractivity contribution in [2.24, 2.45) is 0 Å². The van der Waals surface area contributed by atoms with Crippen molar-refractivity contribution < 1.29 is 9.59 Å². The monoisotopic (exact) mass is 362 g/mol. The Hall–Kier alpha value is -2.15. The maximum atomic E-state index is 11.7. The van der Waals surface area contributed by atoms with Crippen molar-refractivity contribution in [1.29, 1.82) is 0 Å². The van der Waals surface area contributed by atoms with Gasteiger partial charge in [-0.2, -0.15) is 0 Å². The first-order valence-corrected chi connectivity index (χ1v) is 8.06. The van der Waals surface area contributed by atoms with E-state index >= 15 is 0 Å². The molecule has 6 nitrogen and oxygen atoms in total. The lowest BCUT2D eigenvalue weighted by molar-refractivity contribution is -0.127. The highest BCUT2D eigenvalue weighted by molar-refractivity contribution is 9.09. The number of halogens is 1. The third-order valence-electron chi connectivity index (χ3n) is 3.76. The first-order valence-electron chi connectivity index (χ1n) is 6.94. The summed E-state index contributed by atoms with van der Waals surface area (Å²) in [4.78, 5) is 31.6. The zero-order valence-corrected chi connectivity index (χ0v) is 13.4. The van der Waals surface area contributed by atoms with Crippen molar-refractivity contribution in [3.8, 4) is 0 Å². The minimum Gasteiger partial charge on any atom is -0.346 e. The molecule has 0 fully saturated rings. The van der Waals surface area contributed by atoms with Crippen LogP contribution in [0.4, 0.5) is 5.82 Å². The average Bonchev–Trinajstić information content (AvgIpc) is 3.02. The first-order chi connectivity index (χ1) is 10.7. The van der Waals surface area contributed by atoms with Gasteiger partial charge in [-0.1, -0.05) is 22.0 Å². The van der Waals surface area contributed by atoms with Crippen molar-refractivity contribution in [2.45, 2.75) is 6.42 Å². The molecule has 0 aromatic carbocycles. The van der Waals surface area contributed by atoms with Crippen molar-refractivity contribution in [3.05, 3.63) is 30.0 Å². The van der Waals surface area contributed by atoms with E-state index in [0.29, 0.717) is 30.6 Å². The third-order valence-corrected chi connectivity index (χ3v) is 4.24. The molecule has 2 amide bonds. The number of aromatic amines is 1. The van der Waals surface area contributed by atoms with Gasteiger partial charge in [-0.25, -0.2) is 4.98 Å². The van der Waals surface area contributed by atoms with Gasteiger partial charge >= 0.3 is 0 Å². The number of anilines is 1. The van der Waals surface area contributed by atoms with Crippen molar-refractivity contribution in [2.75, 3.05) is 23.7 Å². The molecule has 0 unspecified atom stereocenters. The maximum Gasteiger partial charge on any atom is 0.233 e. The van der Waals surface area contributed by atoms with E-state index in [1.165, 1.54) is 5.57 Å².